The number of benzene rings is 5. The Hall–Kier alpha value is -5.12. The molecule has 5 rings (SSSR count). The highest BCUT2D eigenvalue weighted by molar-refractivity contribution is 7.92. The summed E-state index contributed by atoms with van der Waals surface area (Å²) < 4.78 is 35.6. The maximum atomic E-state index is 14.7. The van der Waals surface area contributed by atoms with Crippen LogP contribution in [0.25, 0.3) is 0 Å². The lowest BCUT2D eigenvalue weighted by molar-refractivity contribution is -0.140. The van der Waals surface area contributed by atoms with Crippen molar-refractivity contribution in [3.8, 4) is 11.5 Å². The van der Waals surface area contributed by atoms with Gasteiger partial charge in [-0.3, -0.25) is 13.9 Å². The molecule has 1 N–H and O–H groups in total. The zero-order chi connectivity index (χ0) is 35.7. The van der Waals surface area contributed by atoms with Gasteiger partial charge in [0.2, 0.25) is 11.8 Å². The van der Waals surface area contributed by atoms with Gasteiger partial charge in [-0.15, -0.1) is 0 Å². The highest BCUT2D eigenvalue weighted by Crippen LogP contribution is 2.29. The van der Waals surface area contributed by atoms with Gasteiger partial charge in [0.1, 0.15) is 24.1 Å². The molecule has 0 saturated carbocycles. The highest BCUT2D eigenvalue weighted by Gasteiger charge is 2.35. The third-order valence-corrected chi connectivity index (χ3v) is 9.79. The Morgan fingerprint density at radius 1 is 0.720 bits per heavy atom. The van der Waals surface area contributed by atoms with Gasteiger partial charge in [0, 0.05) is 23.5 Å². The minimum atomic E-state index is -4.24. The number of hydrogen-bond acceptors (Lipinski definition) is 5. The lowest BCUT2D eigenvalue weighted by Crippen LogP contribution is -2.56. The second-order valence-corrected chi connectivity index (χ2v) is 15.1. The van der Waals surface area contributed by atoms with Crippen molar-refractivity contribution < 1.29 is 22.7 Å². The van der Waals surface area contributed by atoms with E-state index in [1.165, 1.54) is 17.0 Å². The zero-order valence-corrected chi connectivity index (χ0v) is 29.8. The second-order valence-electron chi connectivity index (χ2n) is 12.8. The van der Waals surface area contributed by atoms with Gasteiger partial charge < -0.3 is 15.0 Å². The maximum Gasteiger partial charge on any atom is 0.264 e. The van der Waals surface area contributed by atoms with E-state index in [0.29, 0.717) is 16.5 Å². The molecule has 5 aromatic rings. The summed E-state index contributed by atoms with van der Waals surface area (Å²) in [7, 11) is -4.24. The van der Waals surface area contributed by atoms with Crippen LogP contribution in [0.4, 0.5) is 5.69 Å². The highest BCUT2D eigenvalue weighted by atomic mass is 35.5. The van der Waals surface area contributed by atoms with Gasteiger partial charge in [-0.05, 0) is 92.6 Å². The van der Waals surface area contributed by atoms with Gasteiger partial charge in [0.05, 0.1) is 10.6 Å². The number of carbonyl (C=O) groups is 2. The van der Waals surface area contributed by atoms with Crippen LogP contribution in [0.5, 0.6) is 11.5 Å². The van der Waals surface area contributed by atoms with Gasteiger partial charge in [-0.1, -0.05) is 90.5 Å². The molecule has 0 aliphatic rings. The molecule has 10 heteroatoms. The predicted octanol–water partition coefficient (Wildman–Crippen LogP) is 7.88. The number of hydrogen-bond donors (Lipinski definition) is 1. The Bertz CT molecular complexity index is 1970. The third-order valence-electron chi connectivity index (χ3n) is 7.75. The number of para-hydroxylation sites is 1. The zero-order valence-electron chi connectivity index (χ0n) is 28.2. The van der Waals surface area contributed by atoms with Crippen molar-refractivity contribution in [3.63, 3.8) is 0 Å². The summed E-state index contributed by atoms with van der Waals surface area (Å²) in [4.78, 5) is 30.2. The van der Waals surface area contributed by atoms with Crippen LogP contribution in [0.2, 0.25) is 5.02 Å². The van der Waals surface area contributed by atoms with Crippen molar-refractivity contribution in [1.82, 2.24) is 10.2 Å². The van der Waals surface area contributed by atoms with Gasteiger partial charge in [-0.25, -0.2) is 8.42 Å². The average molecular weight is 710 g/mol. The van der Waals surface area contributed by atoms with Crippen LogP contribution in [0.15, 0.2) is 144 Å². The molecule has 5 aromatic carbocycles. The van der Waals surface area contributed by atoms with E-state index in [9.17, 15) is 18.0 Å². The van der Waals surface area contributed by atoms with Crippen LogP contribution in [0.3, 0.4) is 0 Å². The normalized spacial score (nSPS) is 12.1. The van der Waals surface area contributed by atoms with E-state index in [4.69, 9.17) is 16.3 Å². The van der Waals surface area contributed by atoms with Gasteiger partial charge in [0.15, 0.2) is 0 Å². The number of nitrogens with one attached hydrogen (secondary N) is 1. The fourth-order valence-electron chi connectivity index (χ4n) is 5.35. The summed E-state index contributed by atoms with van der Waals surface area (Å²) in [5.41, 5.74) is 1.24. The SMILES string of the molecule is CC(C)(C)NC(=O)[C@@H](Cc1ccccc1)N(Cc1ccc(Cl)cc1)C(=O)CN(c1ccc(Oc2ccccc2)cc1)S(=O)(=O)c1ccccc1. The van der Waals surface area contributed by atoms with E-state index >= 15 is 0 Å². The topological polar surface area (TPSA) is 96.0 Å². The summed E-state index contributed by atoms with van der Waals surface area (Å²) in [5, 5.41) is 3.56. The molecule has 0 aromatic heterocycles. The van der Waals surface area contributed by atoms with E-state index < -0.39 is 34.1 Å². The van der Waals surface area contributed by atoms with Crippen molar-refractivity contribution in [1.29, 1.82) is 0 Å². The maximum absolute atomic E-state index is 14.7. The average Bonchev–Trinajstić information content (AvgIpc) is 3.10. The number of rotatable bonds is 13. The lowest BCUT2D eigenvalue weighted by atomic mass is 10.0. The Morgan fingerprint density at radius 3 is 1.84 bits per heavy atom. The number of ether oxygens (including phenoxy) is 1. The molecule has 258 valence electrons. The van der Waals surface area contributed by atoms with E-state index in [1.54, 1.807) is 66.7 Å². The second kappa shape index (κ2) is 16.1. The minimum Gasteiger partial charge on any atom is -0.457 e. The molecule has 8 nitrogen and oxygen atoms in total. The van der Waals surface area contributed by atoms with E-state index in [1.807, 2.05) is 81.4 Å². The molecule has 0 unspecified atom stereocenters. The van der Waals surface area contributed by atoms with Crippen LogP contribution >= 0.6 is 11.6 Å². The first-order chi connectivity index (χ1) is 23.9. The van der Waals surface area contributed by atoms with Crippen molar-refractivity contribution in [2.45, 2.75) is 50.2 Å². The molecule has 0 aliphatic carbocycles. The molecular weight excluding hydrogens is 670 g/mol. The van der Waals surface area contributed by atoms with Crippen molar-refractivity contribution >= 4 is 39.1 Å². The number of nitrogens with zero attached hydrogens (tertiary/aromatic N) is 2. The van der Waals surface area contributed by atoms with Crippen LogP contribution in [-0.2, 0) is 32.6 Å². The first kappa shape index (κ1) is 36.2. The number of amides is 2. The summed E-state index contributed by atoms with van der Waals surface area (Å²) in [6.45, 7) is 5.07. The largest absolute Gasteiger partial charge is 0.457 e. The first-order valence-corrected chi connectivity index (χ1v) is 18.0. The van der Waals surface area contributed by atoms with Crippen molar-refractivity contribution in [2.24, 2.45) is 0 Å². The molecule has 0 spiro atoms. The molecule has 0 fully saturated rings. The Kier molecular flexibility index (Phi) is 11.6. The van der Waals surface area contributed by atoms with Gasteiger partial charge in [0.25, 0.3) is 10.0 Å². The Morgan fingerprint density at radius 2 is 1.26 bits per heavy atom. The fourth-order valence-corrected chi connectivity index (χ4v) is 6.91. The molecule has 0 aliphatic heterocycles. The smallest absolute Gasteiger partial charge is 0.264 e. The van der Waals surface area contributed by atoms with Crippen LogP contribution in [0.1, 0.15) is 31.9 Å². The molecule has 0 heterocycles. The minimum absolute atomic E-state index is 0.0213. The number of anilines is 1. The lowest BCUT2D eigenvalue weighted by Gasteiger charge is -2.35. The molecule has 0 bridgehead atoms. The van der Waals surface area contributed by atoms with Crippen LogP contribution in [0, 0.1) is 0 Å². The van der Waals surface area contributed by atoms with E-state index in [-0.39, 0.29) is 29.5 Å². The van der Waals surface area contributed by atoms with E-state index in [0.717, 1.165) is 15.4 Å². The monoisotopic (exact) mass is 709 g/mol. The van der Waals surface area contributed by atoms with Crippen LogP contribution in [-0.4, -0.2) is 43.3 Å². The Labute approximate surface area is 299 Å². The van der Waals surface area contributed by atoms with E-state index in [2.05, 4.69) is 5.32 Å². The molecule has 1 atom stereocenters. The standard InChI is InChI=1S/C40H40ClN3O5S/c1-40(2,3)42-39(46)37(27-30-13-7-4-8-14-30)43(28-31-19-21-32(41)22-20-31)38(45)29-44(50(47,48)36-17-11-6-12-18-36)33-23-25-35(26-24-33)49-34-15-9-5-10-16-34/h4-26,37H,27-29H2,1-3H3,(H,42,46)/t37-/m1/s1. The summed E-state index contributed by atoms with van der Waals surface area (Å²) in [6, 6.07) is 39.1. The number of sulfonamides is 1. The molecule has 50 heavy (non-hydrogen) atoms. The van der Waals surface area contributed by atoms with Crippen molar-refractivity contribution in [3.05, 3.63) is 156 Å². The quantitative estimate of drug-likeness (QED) is 0.134. The van der Waals surface area contributed by atoms with Gasteiger partial charge in [-0.2, -0.15) is 0 Å². The summed E-state index contributed by atoms with van der Waals surface area (Å²) >= 11 is 6.18. The number of halogens is 1. The first-order valence-electron chi connectivity index (χ1n) is 16.2. The van der Waals surface area contributed by atoms with Crippen LogP contribution < -0.4 is 14.4 Å². The number of carbonyl (C=O) groups excluding carboxylic acids is 2. The molecular formula is C40H40ClN3O5S. The van der Waals surface area contributed by atoms with Gasteiger partial charge >= 0.3 is 0 Å². The molecule has 0 radical (unpaired) electrons. The summed E-state index contributed by atoms with van der Waals surface area (Å²) in [5.74, 6) is 0.201. The molecule has 2 amide bonds. The Balaban J connectivity index is 1.56. The summed E-state index contributed by atoms with van der Waals surface area (Å²) in [6.07, 6.45) is 0.207. The predicted molar refractivity (Wildman–Crippen MR) is 198 cm³/mol. The van der Waals surface area contributed by atoms with Crippen molar-refractivity contribution in [2.75, 3.05) is 10.8 Å². The fraction of sp³-hybridized carbons (Fsp3) is 0.200. The molecule has 0 saturated heterocycles. The third kappa shape index (κ3) is 9.74.